The van der Waals surface area contributed by atoms with Gasteiger partial charge in [0.1, 0.15) is 39.4 Å². The van der Waals surface area contributed by atoms with Crippen LogP contribution in [0.15, 0.2) is 401 Å². The summed E-state index contributed by atoms with van der Waals surface area (Å²) in [7, 11) is 0. The van der Waals surface area contributed by atoms with E-state index in [2.05, 4.69) is 492 Å². The van der Waals surface area contributed by atoms with Crippen LogP contribution in [0.1, 0.15) is 67.2 Å². The number of ether oxygens (including phenoxy) is 1. The molecule has 0 fully saturated rings. The first-order valence-electron chi connectivity index (χ1n) is 47.3. The fourth-order valence-corrected chi connectivity index (χ4v) is 26.5. The molecule has 0 aliphatic carbocycles. The first-order chi connectivity index (χ1) is 67.0. The van der Waals surface area contributed by atoms with Gasteiger partial charge in [0.25, 0.3) is 0 Å². The Bertz CT molecular complexity index is 9450. The van der Waals surface area contributed by atoms with Crippen LogP contribution in [0.2, 0.25) is 0 Å². The molecule has 18 heterocycles. The fraction of sp³-hybridized carbons (Fsp3) is 0.0732. The SMILES string of the molecule is Cc1cc(-c2ccccc2)ccc1-c1c[n+]2n(c1C)-c1cccc3c1C21c2c(ccc4c5ccccc5n-3c24)-c2cccc[n+]21.Cc1cc(-c2ccccc2)ccc1-c1cn2[n+](c1C)C13c4c(cccc4-2)N2c4ccccc4Oc4ccc(c1c42)-c1cccc[n+]13.Cc1cc(-c2ccccc2)ccc1-c1cn2[n+](c1C)C13c4c(cccc4-n4c5ccccc5c5ccc-2c1c54)-c1cccc[n+]13. The third-order valence-corrected chi connectivity index (χ3v) is 31.8. The molecule has 3 spiro atoms. The Morgan fingerprint density at radius 2 is 0.684 bits per heavy atom. The lowest BCUT2D eigenvalue weighted by Crippen LogP contribution is -2.74. The summed E-state index contributed by atoms with van der Waals surface area (Å²) < 4.78 is 34.2. The van der Waals surface area contributed by atoms with Gasteiger partial charge in [-0.1, -0.05) is 218 Å². The minimum atomic E-state index is -0.616. The molecular weight excluding hydrogens is 1660 g/mol. The van der Waals surface area contributed by atoms with E-state index in [0.717, 1.165) is 22.9 Å². The van der Waals surface area contributed by atoms with Crippen molar-refractivity contribution in [1.82, 2.24) is 23.2 Å². The Kier molecular flexibility index (Phi) is 14.2. The van der Waals surface area contributed by atoms with Crippen LogP contribution in [-0.2, 0) is 17.0 Å². The summed E-state index contributed by atoms with van der Waals surface area (Å²) in [4.78, 5) is 2.44. The number of hydrogen-bond acceptors (Lipinski definition) is 2. The molecule has 0 N–H and O–H groups in total. The lowest BCUT2D eigenvalue weighted by atomic mass is 9.82. The van der Waals surface area contributed by atoms with Crippen molar-refractivity contribution < 1.29 is 32.5 Å². The van der Waals surface area contributed by atoms with E-state index in [-0.39, 0.29) is 0 Å². The lowest BCUT2D eigenvalue weighted by Gasteiger charge is -2.38. The summed E-state index contributed by atoms with van der Waals surface area (Å²) in [5.74, 6) is 1.76. The van der Waals surface area contributed by atoms with Gasteiger partial charge in [-0.2, -0.15) is 0 Å². The fourth-order valence-electron chi connectivity index (χ4n) is 26.5. The van der Waals surface area contributed by atoms with Crippen LogP contribution in [0.5, 0.6) is 11.5 Å². The predicted octanol–water partition coefficient (Wildman–Crippen LogP) is 24.5. The van der Waals surface area contributed by atoms with Gasteiger partial charge in [0, 0.05) is 71.8 Å². The molecule has 0 bridgehead atoms. The highest BCUT2D eigenvalue weighted by Gasteiger charge is 2.76. The maximum Gasteiger partial charge on any atom is 0.444 e. The van der Waals surface area contributed by atoms with Crippen LogP contribution < -0.4 is 37.4 Å². The number of para-hydroxylation sites is 4. The average molecular weight is 1750 g/mol. The largest absolute Gasteiger partial charge is 0.453 e. The Hall–Kier alpha value is -17.4. The average Bonchev–Trinajstić information content (AvgIpc) is 1.48. The van der Waals surface area contributed by atoms with Gasteiger partial charge >= 0.3 is 17.0 Å². The van der Waals surface area contributed by atoms with Gasteiger partial charge in [-0.3, -0.25) is 0 Å². The van der Waals surface area contributed by atoms with Crippen molar-refractivity contribution in [2.45, 2.75) is 58.5 Å². The predicted molar refractivity (Wildman–Crippen MR) is 534 cm³/mol. The molecule has 0 saturated carbocycles. The van der Waals surface area contributed by atoms with Crippen molar-refractivity contribution in [2.24, 2.45) is 0 Å². The third kappa shape index (κ3) is 8.80. The van der Waals surface area contributed by atoms with Gasteiger partial charge in [-0.25, -0.2) is 0 Å². The van der Waals surface area contributed by atoms with E-state index < -0.39 is 17.0 Å². The number of rotatable bonds is 6. The quantitative estimate of drug-likeness (QED) is 0.156. The minimum Gasteiger partial charge on any atom is -0.453 e. The van der Waals surface area contributed by atoms with Crippen molar-refractivity contribution in [3.05, 3.63) is 468 Å². The standard InChI is InChI=1S/C41H28N4O.2C41H28N4/c1-25-23-28(27-11-4-3-5-12-27)18-19-29(25)31-24-43-34-15-10-16-35-39(34)41(45(43)26(31)2)38-30(32-13-8-9-22-42(32)41)20-21-37-40(38)44(35)33-14-6-7-17-36(33)46-37;1-25-23-28(27-11-4-3-5-12-27)18-19-29(25)33-24-43-36-21-20-31-30-13-6-7-16-35(30)44-37-17-10-14-32-34-15-8-9-22-42(34)41(38(32)37,39(36)40(31)44)45(43)26(33)2;1-25-23-28(27-11-4-3-5-12-27)18-19-29(25)33-24-43-41-38-32(34-14-8-9-22-42(34)41)21-20-31-30-13-6-7-15-35(30)44(40(31)38)36-16-10-17-37(39(36)41)45(43)26(33)2/h3-24H,1-2H3;2*3-24H,1-2H3/q3*+2. The van der Waals surface area contributed by atoms with Crippen LogP contribution in [-0.4, -0.2) is 23.2 Å². The number of fused-ring (bicyclic) bond motifs is 23. The van der Waals surface area contributed by atoms with Crippen molar-refractivity contribution in [3.8, 4) is 140 Å². The van der Waals surface area contributed by atoms with Crippen LogP contribution in [0.25, 0.3) is 173 Å². The number of nitrogens with zero attached hydrogens (tertiary/aromatic N) is 12. The second-order valence-electron chi connectivity index (χ2n) is 38.2. The Labute approximate surface area is 783 Å². The van der Waals surface area contributed by atoms with Crippen LogP contribution in [0.4, 0.5) is 17.1 Å². The Balaban J connectivity index is 0.0000000950. The monoisotopic (exact) mass is 1740 g/mol. The van der Waals surface area contributed by atoms with Crippen molar-refractivity contribution >= 4 is 60.7 Å². The zero-order chi connectivity index (χ0) is 89.5. The Morgan fingerprint density at radius 3 is 1.26 bits per heavy atom. The second-order valence-corrected chi connectivity index (χ2v) is 38.2. The topological polar surface area (TPSA) is 60.4 Å². The molecule has 23 aromatic rings. The van der Waals surface area contributed by atoms with Crippen molar-refractivity contribution in [3.63, 3.8) is 0 Å². The minimum absolute atomic E-state index is 0.539. The lowest BCUT2D eigenvalue weighted by molar-refractivity contribution is -0.990. The number of pyridine rings is 3. The summed E-state index contributed by atoms with van der Waals surface area (Å²) in [6.07, 6.45) is 14.0. The van der Waals surface area contributed by atoms with E-state index >= 15 is 0 Å². The zero-order valence-electron chi connectivity index (χ0n) is 75.4. The number of benzene rings is 15. The highest BCUT2D eigenvalue weighted by Crippen LogP contribution is 2.65. The zero-order valence-corrected chi connectivity index (χ0v) is 75.4. The van der Waals surface area contributed by atoms with Crippen LogP contribution >= 0.6 is 0 Å². The second kappa shape index (κ2) is 26.1. The normalized spacial score (nSPS) is 16.4. The summed E-state index contributed by atoms with van der Waals surface area (Å²) in [5, 5.41) is 5.22. The van der Waals surface area contributed by atoms with Gasteiger partial charge in [-0.15, -0.1) is 27.7 Å². The molecule has 3 unspecified atom stereocenters. The van der Waals surface area contributed by atoms with Gasteiger partial charge in [-0.05, 0) is 218 Å². The van der Waals surface area contributed by atoms with E-state index in [4.69, 9.17) is 4.74 Å². The van der Waals surface area contributed by atoms with Crippen LogP contribution in [0, 0.1) is 41.5 Å². The maximum absolute atomic E-state index is 6.66. The molecule has 15 aromatic carbocycles. The van der Waals surface area contributed by atoms with E-state index in [9.17, 15) is 0 Å². The molecule has 8 aromatic heterocycles. The molecule has 636 valence electrons. The molecular formula is C123H84N12O+6. The van der Waals surface area contributed by atoms with E-state index in [1.807, 2.05) is 6.07 Å². The number of anilines is 3. The summed E-state index contributed by atoms with van der Waals surface area (Å²) in [5.41, 5.74) is 51.1. The number of aromatic nitrogens is 11. The molecule has 136 heavy (non-hydrogen) atoms. The van der Waals surface area contributed by atoms with Crippen LogP contribution in [0.3, 0.4) is 0 Å². The van der Waals surface area contributed by atoms with E-state index in [1.54, 1.807) is 0 Å². The highest BCUT2D eigenvalue weighted by molar-refractivity contribution is 6.15. The van der Waals surface area contributed by atoms with Crippen molar-refractivity contribution in [1.29, 1.82) is 0 Å². The van der Waals surface area contributed by atoms with Gasteiger partial charge in [0.15, 0.2) is 46.8 Å². The molecule has 13 heteroatoms. The molecule has 33 rings (SSSR count). The van der Waals surface area contributed by atoms with Gasteiger partial charge in [0.2, 0.25) is 34.7 Å². The molecule has 0 radical (unpaired) electrons. The Morgan fingerprint density at radius 1 is 0.265 bits per heavy atom. The molecule has 10 aliphatic rings. The van der Waals surface area contributed by atoms with Gasteiger partial charge in [0.05, 0.1) is 96.3 Å². The molecule has 0 amide bonds. The molecule has 0 saturated heterocycles. The van der Waals surface area contributed by atoms with Gasteiger partial charge < -0.3 is 18.8 Å². The maximum atomic E-state index is 6.66. The first kappa shape index (κ1) is 74.3. The highest BCUT2D eigenvalue weighted by atomic mass is 16.5. The third-order valence-electron chi connectivity index (χ3n) is 31.8. The van der Waals surface area contributed by atoms with Crippen molar-refractivity contribution in [2.75, 3.05) is 4.90 Å². The molecule has 13 nitrogen and oxygen atoms in total. The smallest absolute Gasteiger partial charge is 0.444 e. The summed E-state index contributed by atoms with van der Waals surface area (Å²) in [6.45, 7) is 13.6. The summed E-state index contributed by atoms with van der Waals surface area (Å²) in [6, 6.07) is 133. The van der Waals surface area contributed by atoms with E-state index in [0.29, 0.717) is 0 Å². The molecule has 3 atom stereocenters. The summed E-state index contributed by atoms with van der Waals surface area (Å²) >= 11 is 0. The number of aryl methyl sites for hydroxylation is 3. The number of hydrogen-bond donors (Lipinski definition) is 0. The first-order valence-corrected chi connectivity index (χ1v) is 47.3. The molecule has 10 aliphatic heterocycles. The van der Waals surface area contributed by atoms with E-state index in [1.165, 1.54) is 245 Å².